The van der Waals surface area contributed by atoms with Gasteiger partial charge in [0.15, 0.2) is 5.82 Å². The highest BCUT2D eigenvalue weighted by Crippen LogP contribution is 2.33. The molecule has 1 heterocycles. The second-order valence-corrected chi connectivity index (χ2v) is 7.77. The average Bonchev–Trinajstić information content (AvgIpc) is 3.13. The van der Waals surface area contributed by atoms with E-state index < -0.39 is 5.97 Å². The summed E-state index contributed by atoms with van der Waals surface area (Å²) in [5, 5.41) is 22.6. The van der Waals surface area contributed by atoms with E-state index in [9.17, 15) is 4.79 Å². The molecule has 1 aliphatic carbocycles. The van der Waals surface area contributed by atoms with Crippen LogP contribution in [0.1, 0.15) is 62.8 Å². The number of aliphatic carboxylic acids is 1. The molecule has 150 valence electrons. The summed E-state index contributed by atoms with van der Waals surface area (Å²) in [6.07, 6.45) is 8.47. The van der Waals surface area contributed by atoms with E-state index in [0.717, 1.165) is 48.2 Å². The fraction of sp³-hybridized carbons (Fsp3) is 0.500. The van der Waals surface area contributed by atoms with Crippen LogP contribution in [-0.2, 0) is 4.79 Å². The van der Waals surface area contributed by atoms with E-state index >= 15 is 0 Å². The van der Waals surface area contributed by atoms with E-state index in [2.05, 4.69) is 22.2 Å². The molecule has 28 heavy (non-hydrogen) atoms. The molecule has 0 saturated heterocycles. The Labute approximate surface area is 169 Å². The minimum Gasteiger partial charge on any atom is -0.494 e. The highest BCUT2D eigenvalue weighted by molar-refractivity contribution is 7.99. The van der Waals surface area contributed by atoms with E-state index in [1.54, 1.807) is 10.9 Å². The third-order valence-electron chi connectivity index (χ3n) is 4.61. The molecule has 0 amide bonds. The number of hydrogen-bond donors (Lipinski definition) is 1. The van der Waals surface area contributed by atoms with E-state index in [-0.39, 0.29) is 5.75 Å². The van der Waals surface area contributed by atoms with Gasteiger partial charge in [-0.2, -0.15) is 9.78 Å². The van der Waals surface area contributed by atoms with Gasteiger partial charge in [0.2, 0.25) is 5.16 Å². The molecule has 3 rings (SSSR count). The second-order valence-electron chi connectivity index (χ2n) is 6.83. The number of nitrogens with zero attached hydrogens (tertiary/aromatic N) is 4. The normalized spacial score (nSPS) is 15.2. The van der Waals surface area contributed by atoms with Gasteiger partial charge >= 0.3 is 5.97 Å². The Morgan fingerprint density at radius 3 is 2.71 bits per heavy atom. The molecule has 2 aromatic rings. The number of thioether (sulfide) groups is 1. The number of carbonyl (C=O) groups is 1. The molecule has 0 atom stereocenters. The number of carboxylic acid groups (broad SMARTS) is 1. The number of hydrogen-bond acceptors (Lipinski definition) is 6. The molecule has 0 spiro atoms. The Hall–Kier alpha value is -2.35. The van der Waals surface area contributed by atoms with Gasteiger partial charge in [0.1, 0.15) is 5.75 Å². The molecule has 8 heteroatoms. The number of benzene rings is 1. The molecule has 1 N–H and O–H groups in total. The monoisotopic (exact) mass is 402 g/mol. The van der Waals surface area contributed by atoms with Gasteiger partial charge in [0, 0.05) is 5.92 Å². The second kappa shape index (κ2) is 10.3. The summed E-state index contributed by atoms with van der Waals surface area (Å²) in [6, 6.07) is 7.74. The van der Waals surface area contributed by atoms with Crippen molar-refractivity contribution >= 4 is 23.9 Å². The minimum atomic E-state index is -0.884. The van der Waals surface area contributed by atoms with Gasteiger partial charge in [-0.1, -0.05) is 37.9 Å². The molecule has 7 nitrogen and oxygen atoms in total. The zero-order chi connectivity index (χ0) is 19.8. The third kappa shape index (κ3) is 5.58. The van der Waals surface area contributed by atoms with Crippen LogP contribution in [0.4, 0.5) is 0 Å². The van der Waals surface area contributed by atoms with Gasteiger partial charge < -0.3 is 9.84 Å². The maximum Gasteiger partial charge on any atom is 0.313 e. The van der Waals surface area contributed by atoms with Crippen molar-refractivity contribution in [2.75, 3.05) is 12.4 Å². The van der Waals surface area contributed by atoms with Crippen LogP contribution < -0.4 is 4.74 Å². The molecular weight excluding hydrogens is 376 g/mol. The lowest BCUT2D eigenvalue weighted by molar-refractivity contribution is -0.133. The summed E-state index contributed by atoms with van der Waals surface area (Å²) in [6.45, 7) is 2.77. The molecule has 0 radical (unpaired) electrons. The fourth-order valence-electron chi connectivity index (χ4n) is 3.21. The van der Waals surface area contributed by atoms with E-state index in [0.29, 0.717) is 17.7 Å². The minimum absolute atomic E-state index is 0.0677. The molecular formula is C20H26N4O3S. The molecule has 0 unspecified atom stereocenters. The molecule has 1 aromatic heterocycles. The summed E-state index contributed by atoms with van der Waals surface area (Å²) in [7, 11) is 0. The molecule has 1 aromatic carbocycles. The summed E-state index contributed by atoms with van der Waals surface area (Å²) < 4.78 is 7.32. The summed E-state index contributed by atoms with van der Waals surface area (Å²) in [5.41, 5.74) is 0.932. The Morgan fingerprint density at radius 1 is 1.29 bits per heavy atom. The van der Waals surface area contributed by atoms with Crippen molar-refractivity contribution in [3.63, 3.8) is 0 Å². The SMILES string of the molecule is CCCOc1ccc(/C=N\n2c(SCC(=O)O)nnc2C2CCCCC2)cc1. The van der Waals surface area contributed by atoms with Crippen LogP contribution in [0.5, 0.6) is 5.75 Å². The molecule has 0 bridgehead atoms. The lowest BCUT2D eigenvalue weighted by Crippen LogP contribution is -2.11. The zero-order valence-corrected chi connectivity index (χ0v) is 16.9. The molecule has 1 aliphatic rings. The topological polar surface area (TPSA) is 89.6 Å². The van der Waals surface area contributed by atoms with Crippen LogP contribution in [-0.4, -0.2) is 44.5 Å². The average molecular weight is 403 g/mol. The Kier molecular flexibility index (Phi) is 7.47. The number of ether oxygens (including phenoxy) is 1. The number of aromatic nitrogens is 3. The first-order valence-corrected chi connectivity index (χ1v) is 10.7. The van der Waals surface area contributed by atoms with E-state index in [1.807, 2.05) is 24.3 Å². The highest BCUT2D eigenvalue weighted by atomic mass is 32.2. The van der Waals surface area contributed by atoms with Crippen molar-refractivity contribution < 1.29 is 14.6 Å². The first-order valence-electron chi connectivity index (χ1n) is 9.74. The van der Waals surface area contributed by atoms with Gasteiger partial charge in [-0.05, 0) is 49.1 Å². The molecule has 1 saturated carbocycles. The predicted molar refractivity (Wildman–Crippen MR) is 109 cm³/mol. The largest absolute Gasteiger partial charge is 0.494 e. The van der Waals surface area contributed by atoms with Crippen LogP contribution in [0, 0.1) is 0 Å². The van der Waals surface area contributed by atoms with Crippen LogP contribution >= 0.6 is 11.8 Å². The number of carboxylic acids is 1. The Morgan fingerprint density at radius 2 is 2.04 bits per heavy atom. The van der Waals surface area contributed by atoms with Gasteiger partial charge in [-0.15, -0.1) is 10.2 Å². The first-order chi connectivity index (χ1) is 13.7. The van der Waals surface area contributed by atoms with Crippen LogP contribution in [0.3, 0.4) is 0 Å². The lowest BCUT2D eigenvalue weighted by atomic mass is 9.89. The zero-order valence-electron chi connectivity index (χ0n) is 16.1. The highest BCUT2D eigenvalue weighted by Gasteiger charge is 2.23. The van der Waals surface area contributed by atoms with Crippen LogP contribution in [0.25, 0.3) is 0 Å². The van der Waals surface area contributed by atoms with E-state index in [1.165, 1.54) is 19.3 Å². The maximum absolute atomic E-state index is 11.0. The van der Waals surface area contributed by atoms with Crippen molar-refractivity contribution in [2.24, 2.45) is 5.10 Å². The molecule has 1 fully saturated rings. The predicted octanol–water partition coefficient (Wildman–Crippen LogP) is 4.17. The summed E-state index contributed by atoms with van der Waals surface area (Å²) in [5.74, 6) is 1.03. The summed E-state index contributed by atoms with van der Waals surface area (Å²) in [4.78, 5) is 11.0. The van der Waals surface area contributed by atoms with E-state index in [4.69, 9.17) is 9.84 Å². The molecule has 0 aliphatic heterocycles. The first kappa shape index (κ1) is 20.4. The van der Waals surface area contributed by atoms with Crippen molar-refractivity contribution in [3.8, 4) is 5.75 Å². The standard InChI is InChI=1S/C20H26N4O3S/c1-2-12-27-17-10-8-15(9-11-17)13-21-24-19(16-6-4-3-5-7-16)22-23-20(24)28-14-18(25)26/h8-11,13,16H,2-7,12,14H2,1H3,(H,25,26)/b21-13-. The van der Waals surface area contributed by atoms with Gasteiger partial charge in [-0.25, -0.2) is 0 Å². The van der Waals surface area contributed by atoms with Crippen molar-refractivity contribution in [3.05, 3.63) is 35.7 Å². The summed E-state index contributed by atoms with van der Waals surface area (Å²) >= 11 is 1.14. The van der Waals surface area contributed by atoms with Crippen molar-refractivity contribution in [1.29, 1.82) is 0 Å². The maximum atomic E-state index is 11.0. The fourth-order valence-corrected chi connectivity index (χ4v) is 3.83. The van der Waals surface area contributed by atoms with Gasteiger partial charge in [0.25, 0.3) is 0 Å². The van der Waals surface area contributed by atoms with Gasteiger partial charge in [0.05, 0.1) is 18.6 Å². The van der Waals surface area contributed by atoms with Gasteiger partial charge in [-0.3, -0.25) is 4.79 Å². The third-order valence-corrected chi connectivity index (χ3v) is 5.51. The van der Waals surface area contributed by atoms with Crippen molar-refractivity contribution in [1.82, 2.24) is 14.9 Å². The van der Waals surface area contributed by atoms with Crippen LogP contribution in [0.2, 0.25) is 0 Å². The smallest absolute Gasteiger partial charge is 0.313 e. The quantitative estimate of drug-likeness (QED) is 0.500. The van der Waals surface area contributed by atoms with Crippen molar-refractivity contribution in [2.45, 2.75) is 56.5 Å². The van der Waals surface area contributed by atoms with Crippen LogP contribution in [0.15, 0.2) is 34.5 Å². The Balaban J connectivity index is 1.80. The Bertz CT molecular complexity index is 798. The lowest BCUT2D eigenvalue weighted by Gasteiger charge is -2.20. The number of rotatable bonds is 9.